The number of benzene rings is 1. The third-order valence-electron chi connectivity index (χ3n) is 4.93. The normalized spacial score (nSPS) is 18.2. The van der Waals surface area contributed by atoms with Gasteiger partial charge in [0.25, 0.3) is 5.91 Å². The molecule has 0 saturated carbocycles. The molecule has 0 radical (unpaired) electrons. The summed E-state index contributed by atoms with van der Waals surface area (Å²) in [5.74, 6) is 0.543. The zero-order chi connectivity index (χ0) is 21.3. The molecule has 2 aliphatic heterocycles. The first-order chi connectivity index (χ1) is 14.6. The fourth-order valence-corrected chi connectivity index (χ4v) is 4.51. The quantitative estimate of drug-likeness (QED) is 0.327. The predicted octanol–water partition coefficient (Wildman–Crippen LogP) is 2.55. The van der Waals surface area contributed by atoms with Crippen LogP contribution in [-0.4, -0.2) is 79.0 Å². The molecular weight excluding hydrogens is 458 g/mol. The summed E-state index contributed by atoms with van der Waals surface area (Å²) >= 11 is 6.61. The minimum atomic E-state index is -0.152. The molecule has 0 bridgehead atoms. The van der Waals surface area contributed by atoms with Crippen LogP contribution in [0, 0.1) is 0 Å². The molecular formula is C21H28ClN3O4S2. The number of amides is 2. The number of hydrogen-bond donors (Lipinski definition) is 1. The largest absolute Gasteiger partial charge is 0.497 e. The summed E-state index contributed by atoms with van der Waals surface area (Å²) < 4.78 is 11.0. The zero-order valence-electron chi connectivity index (χ0n) is 17.5. The fourth-order valence-electron chi connectivity index (χ4n) is 3.20. The molecule has 1 aromatic rings. The molecule has 0 aliphatic carbocycles. The Morgan fingerprint density at radius 3 is 2.65 bits per heavy atom. The summed E-state index contributed by atoms with van der Waals surface area (Å²) in [6.07, 6.45) is 2.95. The number of thioether (sulfide) groups is 1. The highest BCUT2D eigenvalue weighted by atomic mass is 35.5. The topological polar surface area (TPSA) is 71.1 Å². The SMILES string of the molecule is COc1ccc(/C=C2\SC(=S)N(CCC(=O)NCCCN3CCOCC3)C2=O)cc1.Cl. The van der Waals surface area contributed by atoms with Gasteiger partial charge < -0.3 is 14.8 Å². The molecule has 1 N–H and O–H groups in total. The molecule has 170 valence electrons. The van der Waals surface area contributed by atoms with Crippen molar-refractivity contribution in [2.45, 2.75) is 12.8 Å². The molecule has 1 aromatic carbocycles. The van der Waals surface area contributed by atoms with Crippen LogP contribution in [-0.2, 0) is 14.3 Å². The van der Waals surface area contributed by atoms with E-state index in [4.69, 9.17) is 21.7 Å². The Morgan fingerprint density at radius 2 is 1.97 bits per heavy atom. The Hall–Kier alpha value is -1.65. The van der Waals surface area contributed by atoms with Crippen LogP contribution >= 0.6 is 36.4 Å². The van der Waals surface area contributed by atoms with Crippen molar-refractivity contribution in [3.63, 3.8) is 0 Å². The smallest absolute Gasteiger partial charge is 0.266 e. The van der Waals surface area contributed by atoms with E-state index in [1.54, 1.807) is 7.11 Å². The minimum Gasteiger partial charge on any atom is -0.497 e. The predicted molar refractivity (Wildman–Crippen MR) is 130 cm³/mol. The second kappa shape index (κ2) is 13.0. The number of hydrogen-bond acceptors (Lipinski definition) is 7. The van der Waals surface area contributed by atoms with Crippen molar-refractivity contribution < 1.29 is 19.1 Å². The molecule has 2 aliphatic rings. The number of carbonyl (C=O) groups excluding carboxylic acids is 2. The van der Waals surface area contributed by atoms with Gasteiger partial charge in [-0.2, -0.15) is 0 Å². The van der Waals surface area contributed by atoms with E-state index in [9.17, 15) is 9.59 Å². The molecule has 31 heavy (non-hydrogen) atoms. The lowest BCUT2D eigenvalue weighted by Crippen LogP contribution is -2.38. The lowest BCUT2D eigenvalue weighted by molar-refractivity contribution is -0.123. The van der Waals surface area contributed by atoms with Crippen LogP contribution in [0.25, 0.3) is 6.08 Å². The molecule has 2 fully saturated rings. The first-order valence-electron chi connectivity index (χ1n) is 10.0. The number of rotatable bonds is 9. The molecule has 2 saturated heterocycles. The third-order valence-corrected chi connectivity index (χ3v) is 6.30. The Kier molecular flexibility index (Phi) is 10.8. The van der Waals surface area contributed by atoms with Crippen LogP contribution in [0.2, 0.25) is 0 Å². The van der Waals surface area contributed by atoms with Gasteiger partial charge in [-0.25, -0.2) is 0 Å². The van der Waals surface area contributed by atoms with Gasteiger partial charge in [-0.1, -0.05) is 36.1 Å². The van der Waals surface area contributed by atoms with E-state index in [0.29, 0.717) is 22.3 Å². The summed E-state index contributed by atoms with van der Waals surface area (Å²) in [6, 6.07) is 7.46. The third kappa shape index (κ3) is 7.76. The number of nitrogens with one attached hydrogen (secondary N) is 1. The lowest BCUT2D eigenvalue weighted by atomic mass is 10.2. The Morgan fingerprint density at radius 1 is 1.26 bits per heavy atom. The fraction of sp³-hybridized carbons (Fsp3) is 0.476. The van der Waals surface area contributed by atoms with Crippen LogP contribution in [0.4, 0.5) is 0 Å². The molecule has 3 rings (SSSR count). The van der Waals surface area contributed by atoms with Crippen molar-refractivity contribution >= 4 is 58.6 Å². The van der Waals surface area contributed by atoms with Crippen LogP contribution in [0.3, 0.4) is 0 Å². The molecule has 0 spiro atoms. The number of nitrogens with zero attached hydrogens (tertiary/aromatic N) is 2. The summed E-state index contributed by atoms with van der Waals surface area (Å²) in [6.45, 7) is 5.34. The number of carbonyl (C=O) groups is 2. The average Bonchev–Trinajstić information content (AvgIpc) is 3.03. The number of morpholine rings is 1. The zero-order valence-corrected chi connectivity index (χ0v) is 20.0. The van der Waals surface area contributed by atoms with Gasteiger partial charge in [0.1, 0.15) is 10.1 Å². The summed E-state index contributed by atoms with van der Waals surface area (Å²) in [5.41, 5.74) is 0.898. The maximum Gasteiger partial charge on any atom is 0.266 e. The van der Waals surface area contributed by atoms with E-state index >= 15 is 0 Å². The van der Waals surface area contributed by atoms with Gasteiger partial charge in [0.05, 0.1) is 25.2 Å². The highest BCUT2D eigenvalue weighted by Crippen LogP contribution is 2.32. The lowest BCUT2D eigenvalue weighted by Gasteiger charge is -2.26. The molecule has 10 heteroatoms. The van der Waals surface area contributed by atoms with Crippen molar-refractivity contribution in [2.24, 2.45) is 0 Å². The monoisotopic (exact) mass is 485 g/mol. The van der Waals surface area contributed by atoms with E-state index in [2.05, 4.69) is 10.2 Å². The standard InChI is InChI=1S/C21H27N3O4S2.ClH/c1-27-17-5-3-16(4-6-17)15-18-20(26)24(21(29)30-18)10-7-19(25)22-8-2-9-23-11-13-28-14-12-23;/h3-6,15H,2,7-14H2,1H3,(H,22,25);1H/b18-15-;. The number of methoxy groups -OCH3 is 1. The van der Waals surface area contributed by atoms with Gasteiger partial charge in [0, 0.05) is 32.6 Å². The van der Waals surface area contributed by atoms with E-state index in [-0.39, 0.29) is 30.6 Å². The molecule has 2 heterocycles. The van der Waals surface area contributed by atoms with Crippen LogP contribution in [0.1, 0.15) is 18.4 Å². The summed E-state index contributed by atoms with van der Waals surface area (Å²) in [7, 11) is 1.61. The molecule has 2 amide bonds. The van der Waals surface area contributed by atoms with E-state index < -0.39 is 0 Å². The van der Waals surface area contributed by atoms with Gasteiger partial charge >= 0.3 is 0 Å². The van der Waals surface area contributed by atoms with Gasteiger partial charge in [0.2, 0.25) is 5.91 Å². The van der Waals surface area contributed by atoms with Gasteiger partial charge in [0.15, 0.2) is 0 Å². The Labute approximate surface area is 198 Å². The highest BCUT2D eigenvalue weighted by Gasteiger charge is 2.32. The van der Waals surface area contributed by atoms with E-state index in [1.165, 1.54) is 16.7 Å². The molecule has 0 atom stereocenters. The number of thiocarbonyl (C=S) groups is 1. The molecule has 0 aromatic heterocycles. The Bertz CT molecular complexity index is 798. The first-order valence-corrected chi connectivity index (χ1v) is 11.3. The van der Waals surface area contributed by atoms with Crippen LogP contribution in [0.15, 0.2) is 29.2 Å². The number of ether oxygens (including phenoxy) is 2. The Balaban J connectivity index is 0.00000341. The van der Waals surface area contributed by atoms with Gasteiger partial charge in [-0.3, -0.25) is 19.4 Å². The highest BCUT2D eigenvalue weighted by molar-refractivity contribution is 8.26. The average molecular weight is 486 g/mol. The maximum absolute atomic E-state index is 12.7. The molecule has 0 unspecified atom stereocenters. The van der Waals surface area contributed by atoms with Crippen molar-refractivity contribution in [3.8, 4) is 5.75 Å². The number of halogens is 1. The second-order valence-corrected chi connectivity index (χ2v) is 8.69. The van der Waals surface area contributed by atoms with Gasteiger partial charge in [-0.05, 0) is 36.7 Å². The minimum absolute atomic E-state index is 0. The molecule has 7 nitrogen and oxygen atoms in total. The van der Waals surface area contributed by atoms with Crippen molar-refractivity contribution in [3.05, 3.63) is 34.7 Å². The van der Waals surface area contributed by atoms with E-state index in [0.717, 1.165) is 50.6 Å². The van der Waals surface area contributed by atoms with Crippen LogP contribution < -0.4 is 10.1 Å². The summed E-state index contributed by atoms with van der Waals surface area (Å²) in [4.78, 5) is 29.2. The first kappa shape index (κ1) is 25.6. The van der Waals surface area contributed by atoms with Crippen LogP contribution in [0.5, 0.6) is 5.75 Å². The van der Waals surface area contributed by atoms with E-state index in [1.807, 2.05) is 30.3 Å². The van der Waals surface area contributed by atoms with Crippen molar-refractivity contribution in [1.29, 1.82) is 0 Å². The van der Waals surface area contributed by atoms with Crippen molar-refractivity contribution in [2.75, 3.05) is 53.0 Å². The maximum atomic E-state index is 12.7. The summed E-state index contributed by atoms with van der Waals surface area (Å²) in [5, 5.41) is 2.93. The van der Waals surface area contributed by atoms with Gasteiger partial charge in [-0.15, -0.1) is 12.4 Å². The van der Waals surface area contributed by atoms with Crippen molar-refractivity contribution in [1.82, 2.24) is 15.1 Å². The second-order valence-electron chi connectivity index (χ2n) is 7.01.